The third-order valence-corrected chi connectivity index (χ3v) is 3.85. The van der Waals surface area contributed by atoms with Gasteiger partial charge >= 0.3 is 5.97 Å². The molecule has 0 aliphatic carbocycles. The van der Waals surface area contributed by atoms with Crippen LogP contribution in [0.4, 0.5) is 10.1 Å². The van der Waals surface area contributed by atoms with E-state index in [-0.39, 0.29) is 11.1 Å². The van der Waals surface area contributed by atoms with E-state index in [9.17, 15) is 9.18 Å². The summed E-state index contributed by atoms with van der Waals surface area (Å²) >= 11 is 5.72. The van der Waals surface area contributed by atoms with Gasteiger partial charge in [-0.1, -0.05) is 11.6 Å². The van der Waals surface area contributed by atoms with Crippen molar-refractivity contribution in [2.75, 3.05) is 37.6 Å². The van der Waals surface area contributed by atoms with E-state index in [0.717, 1.165) is 13.1 Å². The predicted molar refractivity (Wildman–Crippen MR) is 88.3 cm³/mol. The summed E-state index contributed by atoms with van der Waals surface area (Å²) in [7, 11) is 0. The molecule has 1 saturated heterocycles. The molecule has 0 saturated carbocycles. The molecule has 0 unspecified atom stereocenters. The minimum Gasteiger partial charge on any atom is -0.460 e. The van der Waals surface area contributed by atoms with Crippen molar-refractivity contribution in [2.24, 2.45) is 0 Å². The smallest absolute Gasteiger partial charge is 0.307 e. The maximum Gasteiger partial charge on any atom is 0.307 e. The fourth-order valence-electron chi connectivity index (χ4n) is 2.51. The summed E-state index contributed by atoms with van der Waals surface area (Å²) in [5.74, 6) is -0.664. The molecular formula is C16H23ClFN3O2. The number of esters is 1. The van der Waals surface area contributed by atoms with Crippen LogP contribution in [-0.4, -0.2) is 54.2 Å². The van der Waals surface area contributed by atoms with Crippen LogP contribution >= 0.6 is 11.6 Å². The van der Waals surface area contributed by atoms with Crippen LogP contribution in [0.25, 0.3) is 0 Å². The van der Waals surface area contributed by atoms with Gasteiger partial charge in [0.05, 0.1) is 12.1 Å². The first-order valence-electron chi connectivity index (χ1n) is 7.75. The minimum atomic E-state index is -0.476. The molecule has 0 bridgehead atoms. The number of carbonyl (C=O) groups excluding carboxylic acids is 1. The second-order valence-corrected chi connectivity index (χ2v) is 6.96. The number of pyridine rings is 1. The summed E-state index contributed by atoms with van der Waals surface area (Å²) in [4.78, 5) is 19.6. The zero-order chi connectivity index (χ0) is 17.0. The molecule has 7 heteroatoms. The molecule has 1 aliphatic heterocycles. The quantitative estimate of drug-likeness (QED) is 0.621. The van der Waals surface area contributed by atoms with Gasteiger partial charge in [-0.3, -0.25) is 9.69 Å². The average Bonchev–Trinajstić information content (AvgIpc) is 2.47. The molecule has 2 heterocycles. The van der Waals surface area contributed by atoms with Gasteiger partial charge in [-0.2, -0.15) is 0 Å². The number of piperazine rings is 1. The summed E-state index contributed by atoms with van der Waals surface area (Å²) in [5.41, 5.74) is 0.0327. The highest BCUT2D eigenvalue weighted by Crippen LogP contribution is 2.24. The van der Waals surface area contributed by atoms with Crippen molar-refractivity contribution in [1.29, 1.82) is 0 Å². The van der Waals surface area contributed by atoms with E-state index in [2.05, 4.69) is 9.88 Å². The van der Waals surface area contributed by atoms with Gasteiger partial charge in [-0.05, 0) is 26.8 Å². The molecule has 1 aliphatic rings. The van der Waals surface area contributed by atoms with E-state index >= 15 is 0 Å². The van der Waals surface area contributed by atoms with E-state index in [0.29, 0.717) is 31.7 Å². The molecule has 0 amide bonds. The largest absolute Gasteiger partial charge is 0.460 e. The van der Waals surface area contributed by atoms with Gasteiger partial charge in [0.15, 0.2) is 11.0 Å². The Morgan fingerprint density at radius 3 is 2.61 bits per heavy atom. The van der Waals surface area contributed by atoms with Crippen molar-refractivity contribution >= 4 is 23.3 Å². The van der Waals surface area contributed by atoms with Gasteiger partial charge in [0, 0.05) is 38.9 Å². The van der Waals surface area contributed by atoms with Gasteiger partial charge in [0.2, 0.25) is 0 Å². The van der Waals surface area contributed by atoms with Crippen molar-refractivity contribution in [3.63, 3.8) is 0 Å². The van der Waals surface area contributed by atoms with Crippen LogP contribution in [0.1, 0.15) is 27.2 Å². The monoisotopic (exact) mass is 343 g/mol. The highest BCUT2D eigenvalue weighted by molar-refractivity contribution is 6.29. The number of nitrogens with zero attached hydrogens (tertiary/aromatic N) is 3. The number of carbonyl (C=O) groups is 1. The molecule has 0 spiro atoms. The number of hydrogen-bond donors (Lipinski definition) is 0. The summed E-state index contributed by atoms with van der Waals surface area (Å²) < 4.78 is 19.3. The molecule has 1 aromatic heterocycles. The zero-order valence-corrected chi connectivity index (χ0v) is 14.6. The van der Waals surface area contributed by atoms with Gasteiger partial charge < -0.3 is 9.64 Å². The lowest BCUT2D eigenvalue weighted by molar-refractivity contribution is -0.155. The van der Waals surface area contributed by atoms with Crippen LogP contribution in [0.15, 0.2) is 12.3 Å². The first-order chi connectivity index (χ1) is 10.8. The lowest BCUT2D eigenvalue weighted by Gasteiger charge is -2.36. The maximum absolute atomic E-state index is 14.0. The van der Waals surface area contributed by atoms with Crippen molar-refractivity contribution in [2.45, 2.75) is 32.8 Å². The fraction of sp³-hybridized carbons (Fsp3) is 0.625. The van der Waals surface area contributed by atoms with Gasteiger partial charge in [0.1, 0.15) is 5.60 Å². The molecule has 1 fully saturated rings. The Morgan fingerprint density at radius 2 is 2.00 bits per heavy atom. The van der Waals surface area contributed by atoms with Crippen molar-refractivity contribution in [1.82, 2.24) is 9.88 Å². The molecule has 0 atom stereocenters. The zero-order valence-electron chi connectivity index (χ0n) is 13.8. The number of ether oxygens (including phenoxy) is 1. The Kier molecular flexibility index (Phi) is 5.81. The maximum atomic E-state index is 14.0. The molecule has 2 rings (SSSR count). The molecule has 0 aromatic carbocycles. The second kappa shape index (κ2) is 7.45. The summed E-state index contributed by atoms with van der Waals surface area (Å²) in [6.07, 6.45) is 1.88. The Morgan fingerprint density at radius 1 is 1.35 bits per heavy atom. The van der Waals surface area contributed by atoms with Gasteiger partial charge in [0.25, 0.3) is 0 Å². The summed E-state index contributed by atoms with van der Waals surface area (Å²) in [6, 6.07) is 1.64. The van der Waals surface area contributed by atoms with E-state index < -0.39 is 11.4 Å². The minimum absolute atomic E-state index is 0.102. The Hall–Kier alpha value is -1.40. The Labute approximate surface area is 141 Å². The number of aromatic nitrogens is 1. The normalized spacial score (nSPS) is 16.5. The van der Waals surface area contributed by atoms with Gasteiger partial charge in [-0.15, -0.1) is 0 Å². The third kappa shape index (κ3) is 5.32. The molecule has 5 nitrogen and oxygen atoms in total. The van der Waals surface area contributed by atoms with Crippen LogP contribution in [0.5, 0.6) is 0 Å². The molecule has 0 N–H and O–H groups in total. The standard InChI is InChI=1S/C16H23ClFN3O2/c1-16(2,3)23-13(22)5-7-20-8-10-21(11-9-20)12-4-6-19-15(17)14(12)18/h4,6H,5,7-11H2,1-3H3. The topological polar surface area (TPSA) is 45.7 Å². The van der Waals surface area contributed by atoms with Crippen molar-refractivity contribution < 1.29 is 13.9 Å². The number of rotatable bonds is 4. The number of anilines is 1. The van der Waals surface area contributed by atoms with Crippen LogP contribution in [0.3, 0.4) is 0 Å². The third-order valence-electron chi connectivity index (χ3n) is 3.59. The van der Waals surface area contributed by atoms with Crippen LogP contribution in [0, 0.1) is 5.82 Å². The summed E-state index contributed by atoms with van der Waals surface area (Å²) in [5, 5.41) is -0.102. The molecule has 1 aromatic rings. The fourth-order valence-corrected chi connectivity index (χ4v) is 2.66. The highest BCUT2D eigenvalue weighted by atomic mass is 35.5. The lowest BCUT2D eigenvalue weighted by atomic mass is 10.2. The van der Waals surface area contributed by atoms with Crippen LogP contribution < -0.4 is 4.90 Å². The second-order valence-electron chi connectivity index (χ2n) is 6.60. The Bertz CT molecular complexity index is 555. The summed E-state index contributed by atoms with van der Waals surface area (Å²) in [6.45, 7) is 9.14. The average molecular weight is 344 g/mol. The Balaban J connectivity index is 1.80. The van der Waals surface area contributed by atoms with E-state index in [4.69, 9.17) is 16.3 Å². The van der Waals surface area contributed by atoms with E-state index in [1.54, 1.807) is 6.07 Å². The van der Waals surface area contributed by atoms with Crippen LogP contribution in [0.2, 0.25) is 5.15 Å². The van der Waals surface area contributed by atoms with Crippen molar-refractivity contribution in [3.8, 4) is 0 Å². The van der Waals surface area contributed by atoms with Crippen molar-refractivity contribution in [3.05, 3.63) is 23.2 Å². The van der Waals surface area contributed by atoms with Gasteiger partial charge in [-0.25, -0.2) is 9.37 Å². The van der Waals surface area contributed by atoms with E-state index in [1.807, 2.05) is 25.7 Å². The lowest BCUT2D eigenvalue weighted by Crippen LogP contribution is -2.47. The molecular weight excluding hydrogens is 321 g/mol. The molecule has 0 radical (unpaired) electrons. The predicted octanol–water partition coefficient (Wildman–Crippen LogP) is 2.73. The molecule has 23 heavy (non-hydrogen) atoms. The number of halogens is 2. The highest BCUT2D eigenvalue weighted by Gasteiger charge is 2.22. The van der Waals surface area contributed by atoms with E-state index in [1.165, 1.54) is 6.20 Å². The SMILES string of the molecule is CC(C)(C)OC(=O)CCN1CCN(c2ccnc(Cl)c2F)CC1. The first-order valence-corrected chi connectivity index (χ1v) is 8.13. The first kappa shape index (κ1) is 17.9. The van der Waals surface area contributed by atoms with Crippen LogP contribution in [-0.2, 0) is 9.53 Å². The molecule has 128 valence electrons. The number of hydrogen-bond acceptors (Lipinski definition) is 5.